The maximum Gasteiger partial charge on any atom is 0.277 e. The van der Waals surface area contributed by atoms with Gasteiger partial charge in [0.15, 0.2) is 11.6 Å². The van der Waals surface area contributed by atoms with Gasteiger partial charge >= 0.3 is 0 Å². The smallest absolute Gasteiger partial charge is 0.277 e. The molecule has 0 saturated carbocycles. The van der Waals surface area contributed by atoms with Gasteiger partial charge in [0.05, 0.1) is 27.5 Å². The predicted octanol–water partition coefficient (Wildman–Crippen LogP) is 3.65. The van der Waals surface area contributed by atoms with Crippen molar-refractivity contribution in [2.45, 2.75) is 13.0 Å². The number of carbonyl (C=O) groups excluding carboxylic acids is 1. The maximum absolute atomic E-state index is 14.3. The third kappa shape index (κ3) is 4.71. The summed E-state index contributed by atoms with van der Waals surface area (Å²) >= 11 is 2.81. The Morgan fingerprint density at radius 3 is 2.60 bits per heavy atom. The van der Waals surface area contributed by atoms with E-state index in [0.717, 1.165) is 12.1 Å². The molecule has 134 valence electrons. The molecule has 0 aliphatic heterocycles. The summed E-state index contributed by atoms with van der Waals surface area (Å²) in [4.78, 5) is 16.9. The molecule has 9 heteroatoms. The number of rotatable bonds is 6. The molecule has 0 spiro atoms. The van der Waals surface area contributed by atoms with Gasteiger partial charge in [-0.15, -0.1) is 0 Å². The lowest BCUT2D eigenvalue weighted by Gasteiger charge is -2.15. The molecule has 0 radical (unpaired) electrons. The molecular formula is C16H14BrF3N2O3. The van der Waals surface area contributed by atoms with Gasteiger partial charge in [-0.3, -0.25) is 9.63 Å². The Kier molecular flexibility index (Phi) is 6.40. The van der Waals surface area contributed by atoms with E-state index in [2.05, 4.69) is 21.2 Å². The Morgan fingerprint density at radius 1 is 1.28 bits per heavy atom. The first-order valence-electron chi connectivity index (χ1n) is 7.10. The number of hydroxylamine groups is 1. The second-order valence-corrected chi connectivity index (χ2v) is 5.96. The number of halogens is 4. The summed E-state index contributed by atoms with van der Waals surface area (Å²) in [7, 11) is 0. The second-order valence-electron chi connectivity index (χ2n) is 5.10. The first-order valence-corrected chi connectivity index (χ1v) is 7.89. The lowest BCUT2D eigenvalue weighted by Crippen LogP contribution is -2.28. The highest BCUT2D eigenvalue weighted by molar-refractivity contribution is 9.10. The van der Waals surface area contributed by atoms with E-state index in [9.17, 15) is 18.0 Å². The maximum atomic E-state index is 14.3. The molecule has 0 aromatic heterocycles. The number of aliphatic hydroxyl groups is 1. The SMILES string of the molecule is CC(O)CONC(=O)c1cc(Br)c(F)c(F)c1Nc1ccccc1F. The van der Waals surface area contributed by atoms with Crippen LogP contribution < -0.4 is 10.8 Å². The number of para-hydroxylation sites is 1. The molecule has 2 aromatic rings. The van der Waals surface area contributed by atoms with Crippen molar-refractivity contribution < 1.29 is 27.9 Å². The van der Waals surface area contributed by atoms with Crippen molar-refractivity contribution in [2.24, 2.45) is 0 Å². The van der Waals surface area contributed by atoms with Gasteiger partial charge in [0.1, 0.15) is 12.4 Å². The van der Waals surface area contributed by atoms with Crippen molar-refractivity contribution in [1.82, 2.24) is 5.48 Å². The van der Waals surface area contributed by atoms with Gasteiger partial charge in [0.25, 0.3) is 5.91 Å². The summed E-state index contributed by atoms with van der Waals surface area (Å²) in [6.07, 6.45) is -0.840. The van der Waals surface area contributed by atoms with E-state index in [1.165, 1.54) is 25.1 Å². The first-order chi connectivity index (χ1) is 11.8. The van der Waals surface area contributed by atoms with E-state index in [4.69, 9.17) is 9.94 Å². The van der Waals surface area contributed by atoms with Crippen molar-refractivity contribution in [3.63, 3.8) is 0 Å². The first kappa shape index (κ1) is 19.2. The van der Waals surface area contributed by atoms with E-state index < -0.39 is 35.2 Å². The standard InChI is InChI=1S/C16H14BrF3N2O3/c1-8(23)7-25-22-16(24)9-6-10(17)13(19)14(20)15(9)21-12-5-3-2-4-11(12)18/h2-6,8,21,23H,7H2,1H3,(H,22,24). The lowest BCUT2D eigenvalue weighted by atomic mass is 10.1. The van der Waals surface area contributed by atoms with E-state index in [1.807, 2.05) is 5.48 Å². The van der Waals surface area contributed by atoms with Crippen LogP contribution in [0.2, 0.25) is 0 Å². The number of hydrogen-bond donors (Lipinski definition) is 3. The second kappa shape index (κ2) is 8.32. The van der Waals surface area contributed by atoms with Crippen molar-refractivity contribution in [3.8, 4) is 0 Å². The van der Waals surface area contributed by atoms with Crippen LogP contribution in [0.15, 0.2) is 34.8 Å². The fraction of sp³-hybridized carbons (Fsp3) is 0.188. The molecule has 2 aromatic carbocycles. The van der Waals surface area contributed by atoms with Crippen LogP contribution in [-0.4, -0.2) is 23.7 Å². The van der Waals surface area contributed by atoms with Crippen molar-refractivity contribution in [3.05, 3.63) is 57.8 Å². The highest BCUT2D eigenvalue weighted by atomic mass is 79.9. The Balaban J connectivity index is 2.38. The Morgan fingerprint density at radius 2 is 1.96 bits per heavy atom. The van der Waals surface area contributed by atoms with Crippen LogP contribution >= 0.6 is 15.9 Å². The van der Waals surface area contributed by atoms with Gasteiger partial charge in [-0.1, -0.05) is 12.1 Å². The Bertz CT molecular complexity index is 787. The van der Waals surface area contributed by atoms with Crippen LogP contribution in [0.5, 0.6) is 0 Å². The molecule has 0 fully saturated rings. The summed E-state index contributed by atoms with van der Waals surface area (Å²) in [6, 6.07) is 6.38. The minimum absolute atomic E-state index is 0.137. The number of carbonyl (C=O) groups is 1. The molecule has 1 atom stereocenters. The van der Waals surface area contributed by atoms with Crippen molar-refractivity contribution in [2.75, 3.05) is 11.9 Å². The molecule has 25 heavy (non-hydrogen) atoms. The topological polar surface area (TPSA) is 70.6 Å². The fourth-order valence-corrected chi connectivity index (χ4v) is 2.28. The molecule has 3 N–H and O–H groups in total. The average molecular weight is 419 g/mol. The normalized spacial score (nSPS) is 11.9. The van der Waals surface area contributed by atoms with Crippen LogP contribution in [0, 0.1) is 17.5 Å². The minimum atomic E-state index is -1.36. The van der Waals surface area contributed by atoms with Gasteiger partial charge in [0.2, 0.25) is 0 Å². The van der Waals surface area contributed by atoms with Gasteiger partial charge in [-0.05, 0) is 41.1 Å². The molecule has 0 heterocycles. The monoisotopic (exact) mass is 418 g/mol. The molecule has 1 unspecified atom stereocenters. The summed E-state index contributed by atoms with van der Waals surface area (Å²) in [5.41, 5.74) is 0.994. The zero-order valence-corrected chi connectivity index (χ0v) is 14.5. The molecule has 5 nitrogen and oxygen atoms in total. The molecule has 0 saturated heterocycles. The molecule has 1 amide bonds. The zero-order valence-electron chi connectivity index (χ0n) is 12.9. The van der Waals surface area contributed by atoms with Crippen LogP contribution in [-0.2, 0) is 4.84 Å². The van der Waals surface area contributed by atoms with Crippen LogP contribution in [0.3, 0.4) is 0 Å². The number of aliphatic hydroxyl groups excluding tert-OH is 1. The fourth-order valence-electron chi connectivity index (χ4n) is 1.88. The lowest BCUT2D eigenvalue weighted by molar-refractivity contribution is -0.00684. The highest BCUT2D eigenvalue weighted by Crippen LogP contribution is 2.32. The molecule has 0 bridgehead atoms. The molecular weight excluding hydrogens is 405 g/mol. The number of amides is 1. The van der Waals surface area contributed by atoms with Crippen LogP contribution in [0.25, 0.3) is 0 Å². The van der Waals surface area contributed by atoms with Crippen molar-refractivity contribution in [1.29, 1.82) is 0 Å². The van der Waals surface area contributed by atoms with Gasteiger partial charge in [0, 0.05) is 0 Å². The minimum Gasteiger partial charge on any atom is -0.391 e. The quantitative estimate of drug-likeness (QED) is 0.494. The zero-order chi connectivity index (χ0) is 18.6. The molecule has 0 aliphatic carbocycles. The van der Waals surface area contributed by atoms with Crippen LogP contribution in [0.1, 0.15) is 17.3 Å². The van der Waals surface area contributed by atoms with Gasteiger partial charge < -0.3 is 10.4 Å². The largest absolute Gasteiger partial charge is 0.391 e. The number of nitrogens with one attached hydrogen (secondary N) is 2. The van der Waals surface area contributed by atoms with Crippen LogP contribution in [0.4, 0.5) is 24.5 Å². The van der Waals surface area contributed by atoms with Gasteiger partial charge in [-0.2, -0.15) is 0 Å². The Hall–Kier alpha value is -2.10. The van der Waals surface area contributed by atoms with E-state index >= 15 is 0 Å². The summed E-state index contributed by atoms with van der Waals surface area (Å²) < 4.78 is 41.6. The summed E-state index contributed by atoms with van der Waals surface area (Å²) in [5, 5.41) is 11.5. The molecule has 0 aliphatic rings. The van der Waals surface area contributed by atoms with Crippen molar-refractivity contribution >= 4 is 33.2 Å². The highest BCUT2D eigenvalue weighted by Gasteiger charge is 2.23. The summed E-state index contributed by atoms with van der Waals surface area (Å²) in [5.74, 6) is -4.21. The van der Waals surface area contributed by atoms with E-state index in [0.29, 0.717) is 0 Å². The average Bonchev–Trinajstić information content (AvgIpc) is 2.56. The third-order valence-corrected chi connectivity index (χ3v) is 3.61. The molecule has 2 rings (SSSR count). The predicted molar refractivity (Wildman–Crippen MR) is 88.8 cm³/mol. The number of benzene rings is 2. The number of anilines is 2. The third-order valence-electron chi connectivity index (χ3n) is 3.03. The Labute approximate surface area is 149 Å². The number of hydrogen-bond acceptors (Lipinski definition) is 4. The van der Waals surface area contributed by atoms with Gasteiger partial charge in [-0.25, -0.2) is 18.7 Å². The van der Waals surface area contributed by atoms with E-state index in [1.54, 1.807) is 0 Å². The van der Waals surface area contributed by atoms with E-state index in [-0.39, 0.29) is 22.3 Å². The summed E-state index contributed by atoms with van der Waals surface area (Å²) in [6.45, 7) is 1.23.